The summed E-state index contributed by atoms with van der Waals surface area (Å²) in [5, 5.41) is 0. The number of rotatable bonds is 5. The van der Waals surface area contributed by atoms with Gasteiger partial charge in [-0.3, -0.25) is 9.78 Å². The predicted octanol–water partition coefficient (Wildman–Crippen LogP) is 1.54. The molecule has 2 aromatic heterocycles. The van der Waals surface area contributed by atoms with Crippen LogP contribution < -0.4 is 4.90 Å². The van der Waals surface area contributed by atoms with Crippen LogP contribution in [0.3, 0.4) is 0 Å². The molecule has 24 heavy (non-hydrogen) atoms. The minimum atomic E-state index is 0.131. The van der Waals surface area contributed by atoms with E-state index in [1.54, 1.807) is 18.6 Å². The second-order valence-corrected chi connectivity index (χ2v) is 6.16. The van der Waals surface area contributed by atoms with Gasteiger partial charge in [0.2, 0.25) is 5.91 Å². The lowest BCUT2D eigenvalue weighted by Crippen LogP contribution is -2.45. The number of hydrogen-bond acceptors (Lipinski definition) is 5. The molecule has 1 amide bonds. The van der Waals surface area contributed by atoms with E-state index in [9.17, 15) is 4.79 Å². The van der Waals surface area contributed by atoms with Crippen molar-refractivity contribution in [3.63, 3.8) is 0 Å². The highest BCUT2D eigenvalue weighted by molar-refractivity contribution is 5.81. The molecule has 0 N–H and O–H groups in total. The van der Waals surface area contributed by atoms with Gasteiger partial charge in [-0.15, -0.1) is 0 Å². The molecular formula is C17H24N6O. The van der Waals surface area contributed by atoms with Crippen LogP contribution in [0.25, 0.3) is 0 Å². The summed E-state index contributed by atoms with van der Waals surface area (Å²) in [6.07, 6.45) is 11.8. The average Bonchev–Trinajstić information content (AvgIpc) is 3.11. The molecule has 0 saturated carbocycles. The molecule has 0 aliphatic carbocycles. The monoisotopic (exact) mass is 328 g/mol. The van der Waals surface area contributed by atoms with Crippen LogP contribution >= 0.6 is 0 Å². The van der Waals surface area contributed by atoms with Crippen molar-refractivity contribution in [2.75, 3.05) is 31.6 Å². The van der Waals surface area contributed by atoms with Gasteiger partial charge in [0.1, 0.15) is 11.6 Å². The number of nitrogens with zero attached hydrogens (tertiary/aromatic N) is 6. The van der Waals surface area contributed by atoms with Gasteiger partial charge in [-0.2, -0.15) is 0 Å². The minimum absolute atomic E-state index is 0.131. The van der Waals surface area contributed by atoms with E-state index in [1.807, 2.05) is 29.2 Å². The summed E-state index contributed by atoms with van der Waals surface area (Å²) in [5.74, 6) is 1.93. The Hall–Kier alpha value is -2.44. The highest BCUT2D eigenvalue weighted by Crippen LogP contribution is 2.23. The van der Waals surface area contributed by atoms with Gasteiger partial charge in [0.15, 0.2) is 0 Å². The Balaban J connectivity index is 1.63. The summed E-state index contributed by atoms with van der Waals surface area (Å²) in [7, 11) is 1.87. The Kier molecular flexibility index (Phi) is 5.08. The first-order valence-corrected chi connectivity index (χ1v) is 8.45. The molecule has 1 saturated heterocycles. The zero-order valence-corrected chi connectivity index (χ0v) is 14.3. The Morgan fingerprint density at radius 2 is 2.21 bits per heavy atom. The highest BCUT2D eigenvalue weighted by Gasteiger charge is 2.26. The standard InChI is InChI=1S/C17H24N6O/c1-3-15-20-8-10-23(15)14-5-4-9-22(12-14)17(24)13-21(2)16-11-18-6-7-19-16/h6-8,10-11,14H,3-5,9,12-13H2,1-2H3/t14-/m1/s1. The second-order valence-electron chi connectivity index (χ2n) is 6.16. The number of anilines is 1. The molecule has 0 unspecified atom stereocenters. The molecular weight excluding hydrogens is 304 g/mol. The maximum Gasteiger partial charge on any atom is 0.242 e. The lowest BCUT2D eigenvalue weighted by atomic mass is 10.1. The van der Waals surface area contributed by atoms with Crippen LogP contribution in [0, 0.1) is 0 Å². The van der Waals surface area contributed by atoms with E-state index in [2.05, 4.69) is 26.4 Å². The second kappa shape index (κ2) is 7.42. The summed E-state index contributed by atoms with van der Waals surface area (Å²) in [6.45, 7) is 3.99. The zero-order chi connectivity index (χ0) is 16.9. The fraction of sp³-hybridized carbons (Fsp3) is 0.529. The van der Waals surface area contributed by atoms with Gasteiger partial charge in [0, 0.05) is 51.3 Å². The number of likely N-dealkylation sites (tertiary alicyclic amines) is 1. The van der Waals surface area contributed by atoms with Crippen molar-refractivity contribution in [3.05, 3.63) is 36.8 Å². The largest absolute Gasteiger partial charge is 0.349 e. The van der Waals surface area contributed by atoms with Crippen LogP contribution in [0.4, 0.5) is 5.82 Å². The Labute approximate surface area is 142 Å². The van der Waals surface area contributed by atoms with Crippen LogP contribution in [-0.2, 0) is 11.2 Å². The van der Waals surface area contributed by atoms with Crippen molar-refractivity contribution < 1.29 is 4.79 Å². The average molecular weight is 328 g/mol. The number of likely N-dealkylation sites (N-methyl/N-ethyl adjacent to an activating group) is 1. The van der Waals surface area contributed by atoms with Crippen molar-refractivity contribution in [3.8, 4) is 0 Å². The Bertz CT molecular complexity index is 671. The molecule has 1 aliphatic heterocycles. The lowest BCUT2D eigenvalue weighted by Gasteiger charge is -2.35. The van der Waals surface area contributed by atoms with Crippen LogP contribution in [0.2, 0.25) is 0 Å². The molecule has 0 bridgehead atoms. The fourth-order valence-electron chi connectivity index (χ4n) is 3.23. The van der Waals surface area contributed by atoms with Gasteiger partial charge in [0.05, 0.1) is 18.8 Å². The van der Waals surface area contributed by atoms with Crippen LogP contribution in [0.1, 0.15) is 31.6 Å². The van der Waals surface area contributed by atoms with Crippen molar-refractivity contribution in [2.45, 2.75) is 32.2 Å². The molecule has 7 heteroatoms. The predicted molar refractivity (Wildman–Crippen MR) is 91.8 cm³/mol. The summed E-state index contributed by atoms with van der Waals surface area (Å²) in [5.41, 5.74) is 0. The normalized spacial score (nSPS) is 17.8. The van der Waals surface area contributed by atoms with E-state index in [-0.39, 0.29) is 5.91 Å². The third kappa shape index (κ3) is 3.55. The maximum atomic E-state index is 12.7. The fourth-order valence-corrected chi connectivity index (χ4v) is 3.23. The molecule has 0 radical (unpaired) electrons. The molecule has 3 rings (SSSR count). The molecule has 3 heterocycles. The van der Waals surface area contributed by atoms with Crippen LogP contribution in [0.5, 0.6) is 0 Å². The zero-order valence-electron chi connectivity index (χ0n) is 14.3. The van der Waals surface area contributed by atoms with Gasteiger partial charge < -0.3 is 14.4 Å². The Morgan fingerprint density at radius 3 is 2.96 bits per heavy atom. The summed E-state index contributed by atoms with van der Waals surface area (Å²) >= 11 is 0. The van der Waals surface area contributed by atoms with Crippen molar-refractivity contribution in [2.24, 2.45) is 0 Å². The van der Waals surface area contributed by atoms with E-state index in [1.165, 1.54) is 0 Å². The molecule has 1 fully saturated rings. The van der Waals surface area contributed by atoms with Gasteiger partial charge >= 0.3 is 0 Å². The Morgan fingerprint density at radius 1 is 1.33 bits per heavy atom. The number of piperidine rings is 1. The van der Waals surface area contributed by atoms with Crippen molar-refractivity contribution in [1.82, 2.24) is 24.4 Å². The smallest absolute Gasteiger partial charge is 0.242 e. The third-order valence-corrected chi connectivity index (χ3v) is 4.52. The van der Waals surface area contributed by atoms with Gasteiger partial charge in [-0.25, -0.2) is 9.97 Å². The number of carbonyl (C=O) groups excluding carboxylic acids is 1. The van der Waals surface area contributed by atoms with E-state index in [4.69, 9.17) is 0 Å². The third-order valence-electron chi connectivity index (χ3n) is 4.52. The van der Waals surface area contributed by atoms with E-state index < -0.39 is 0 Å². The quantitative estimate of drug-likeness (QED) is 0.833. The van der Waals surface area contributed by atoms with E-state index >= 15 is 0 Å². The molecule has 7 nitrogen and oxygen atoms in total. The van der Waals surface area contributed by atoms with Gasteiger partial charge in [-0.1, -0.05) is 6.92 Å². The maximum absolute atomic E-state index is 12.7. The summed E-state index contributed by atoms with van der Waals surface area (Å²) < 4.78 is 2.23. The number of imidazole rings is 1. The topological polar surface area (TPSA) is 67.2 Å². The van der Waals surface area contributed by atoms with Gasteiger partial charge in [0.25, 0.3) is 0 Å². The first-order chi connectivity index (χ1) is 11.7. The number of aromatic nitrogens is 4. The molecule has 128 valence electrons. The summed E-state index contributed by atoms with van der Waals surface area (Å²) in [4.78, 5) is 29.2. The van der Waals surface area contributed by atoms with Crippen LogP contribution in [-0.4, -0.2) is 57.0 Å². The van der Waals surface area contributed by atoms with Gasteiger partial charge in [-0.05, 0) is 12.8 Å². The number of hydrogen-bond donors (Lipinski definition) is 0. The van der Waals surface area contributed by atoms with Crippen molar-refractivity contribution >= 4 is 11.7 Å². The van der Waals surface area contributed by atoms with E-state index in [0.29, 0.717) is 18.4 Å². The SMILES string of the molecule is CCc1nccn1[C@@H]1CCCN(C(=O)CN(C)c2cnccn2)C1. The minimum Gasteiger partial charge on any atom is -0.349 e. The number of carbonyl (C=O) groups is 1. The number of amides is 1. The molecule has 1 atom stereocenters. The first kappa shape index (κ1) is 16.4. The lowest BCUT2D eigenvalue weighted by molar-refractivity contribution is -0.131. The first-order valence-electron chi connectivity index (χ1n) is 8.45. The van der Waals surface area contributed by atoms with Crippen molar-refractivity contribution in [1.29, 1.82) is 0 Å². The molecule has 2 aromatic rings. The molecule has 1 aliphatic rings. The summed E-state index contributed by atoms with van der Waals surface area (Å²) in [6, 6.07) is 0.321. The molecule has 0 spiro atoms. The van der Waals surface area contributed by atoms with E-state index in [0.717, 1.165) is 38.2 Å². The van der Waals surface area contributed by atoms with Crippen LogP contribution in [0.15, 0.2) is 31.0 Å². The number of aryl methyl sites for hydroxylation is 1. The molecule has 0 aromatic carbocycles. The highest BCUT2D eigenvalue weighted by atomic mass is 16.2.